The molecule has 2 unspecified atom stereocenters. The second-order valence-corrected chi connectivity index (χ2v) is 11.1. The highest BCUT2D eigenvalue weighted by Crippen LogP contribution is 2.40. The molecule has 2 aliphatic rings. The number of fused-ring (bicyclic) bond motifs is 1. The third-order valence-electron chi connectivity index (χ3n) is 7.94. The van der Waals surface area contributed by atoms with E-state index in [-0.39, 0.29) is 11.9 Å². The molecule has 2 aromatic heterocycles. The van der Waals surface area contributed by atoms with Gasteiger partial charge < -0.3 is 25.8 Å². The lowest BCUT2D eigenvalue weighted by Gasteiger charge is -2.27. The molecule has 4 heterocycles. The van der Waals surface area contributed by atoms with Gasteiger partial charge in [0.15, 0.2) is 6.23 Å². The van der Waals surface area contributed by atoms with Crippen molar-refractivity contribution in [3.05, 3.63) is 82.3 Å². The summed E-state index contributed by atoms with van der Waals surface area (Å²) in [6, 6.07) is 13.7. The van der Waals surface area contributed by atoms with E-state index in [1.165, 1.54) is 5.01 Å². The van der Waals surface area contributed by atoms with Gasteiger partial charge in [0, 0.05) is 61.2 Å². The Kier molecular flexibility index (Phi) is 8.42. The van der Waals surface area contributed by atoms with Crippen molar-refractivity contribution < 1.29 is 14.6 Å². The molecule has 1 fully saturated rings. The molecule has 2 aromatic carbocycles. The molecule has 0 spiro atoms. The van der Waals surface area contributed by atoms with Crippen LogP contribution in [0.15, 0.2) is 60.0 Å². The number of aliphatic hydroxyl groups is 1. The van der Waals surface area contributed by atoms with Crippen LogP contribution in [0.4, 0.5) is 11.5 Å². The predicted molar refractivity (Wildman–Crippen MR) is 170 cm³/mol. The summed E-state index contributed by atoms with van der Waals surface area (Å²) in [6.45, 7) is 3.12. The molecule has 226 valence electrons. The van der Waals surface area contributed by atoms with Crippen LogP contribution in [0.3, 0.4) is 0 Å². The van der Waals surface area contributed by atoms with E-state index >= 15 is 0 Å². The Balaban J connectivity index is 1.26. The molecular weight excluding hydrogens is 580 g/mol. The number of hydrazone groups is 1. The number of rotatable bonds is 9. The van der Waals surface area contributed by atoms with E-state index in [4.69, 9.17) is 21.3 Å². The van der Waals surface area contributed by atoms with E-state index in [2.05, 4.69) is 31.0 Å². The van der Waals surface area contributed by atoms with Gasteiger partial charge in [0.25, 0.3) is 0 Å². The maximum Gasteiger partial charge on any atom is 0.237 e. The number of ether oxygens (including phenoxy) is 1. The fraction of sp³-hybridized carbons (Fsp3) is 0.281. The van der Waals surface area contributed by atoms with Crippen LogP contribution < -0.4 is 20.7 Å². The van der Waals surface area contributed by atoms with Gasteiger partial charge in [0.05, 0.1) is 35.8 Å². The highest BCUT2D eigenvalue weighted by atomic mass is 35.5. The third-order valence-corrected chi connectivity index (χ3v) is 8.35. The summed E-state index contributed by atoms with van der Waals surface area (Å²) in [6.07, 6.45) is 5.56. The Morgan fingerprint density at radius 2 is 1.93 bits per heavy atom. The number of amides is 1. The lowest BCUT2D eigenvalue weighted by molar-refractivity contribution is -0.119. The number of hydrogen-bond donors (Lipinski definition) is 4. The summed E-state index contributed by atoms with van der Waals surface area (Å²) in [5.74, 6) is 1.05. The van der Waals surface area contributed by atoms with E-state index in [1.807, 2.05) is 49.4 Å². The van der Waals surface area contributed by atoms with Crippen LogP contribution in [0.1, 0.15) is 41.5 Å². The normalized spacial score (nSPS) is 17.4. The van der Waals surface area contributed by atoms with Crippen LogP contribution in [-0.2, 0) is 11.3 Å². The molecule has 6 rings (SSSR count). The first-order chi connectivity index (χ1) is 21.3. The zero-order chi connectivity index (χ0) is 30.8. The number of anilines is 2. The van der Waals surface area contributed by atoms with E-state index in [0.717, 1.165) is 39.9 Å². The molecule has 1 amide bonds. The van der Waals surface area contributed by atoms with Crippen molar-refractivity contribution in [2.24, 2.45) is 5.10 Å². The molecule has 2 atom stereocenters. The molecule has 0 saturated carbocycles. The highest BCUT2D eigenvalue weighted by molar-refractivity contribution is 6.36. The standard InChI is InChI=1S/C32H33ClN8O3/c1-18-21(6-5-9-24(18)39-30-28-19(12-13-35-30)14-37-41(2)32(28)43)22-7-4-8-23(29(22)33)25-17-36-26(31(40-25)44-3)16-34-15-20-10-11-27(42)38-20/h4-9,12-14,17,20,32,34,43H,10-11,15-16H2,1-3H3,(H,35,39)(H,38,42). The van der Waals surface area contributed by atoms with Crippen molar-refractivity contribution in [1.82, 2.24) is 30.6 Å². The lowest BCUT2D eigenvalue weighted by atomic mass is 9.96. The summed E-state index contributed by atoms with van der Waals surface area (Å²) in [7, 11) is 3.28. The van der Waals surface area contributed by atoms with Gasteiger partial charge >= 0.3 is 0 Å². The Morgan fingerprint density at radius 1 is 1.14 bits per heavy atom. The first-order valence-electron chi connectivity index (χ1n) is 14.3. The smallest absolute Gasteiger partial charge is 0.237 e. The summed E-state index contributed by atoms with van der Waals surface area (Å²) in [5, 5.41) is 26.7. The molecule has 4 aromatic rings. The molecular formula is C32H33ClN8O3. The fourth-order valence-corrected chi connectivity index (χ4v) is 5.83. The van der Waals surface area contributed by atoms with Crippen molar-refractivity contribution in [2.75, 3.05) is 26.0 Å². The number of hydrogen-bond acceptors (Lipinski definition) is 10. The van der Waals surface area contributed by atoms with Crippen LogP contribution in [0, 0.1) is 6.92 Å². The number of nitrogens with one attached hydrogen (secondary N) is 3. The fourth-order valence-electron chi connectivity index (χ4n) is 5.51. The Hall–Kier alpha value is -4.58. The SMILES string of the molecule is COc1nc(-c2cccc(-c3cccc(Nc4nccc5c4C(O)N(C)N=C5)c3C)c2Cl)cnc1CNCC1CCC(=O)N1. The number of nitrogens with zero attached hydrogens (tertiary/aromatic N) is 5. The summed E-state index contributed by atoms with van der Waals surface area (Å²) in [5.41, 5.74) is 7.01. The number of benzene rings is 2. The third kappa shape index (κ3) is 5.81. The Morgan fingerprint density at radius 3 is 2.73 bits per heavy atom. The van der Waals surface area contributed by atoms with E-state index < -0.39 is 6.23 Å². The second-order valence-electron chi connectivity index (χ2n) is 10.8. The van der Waals surface area contributed by atoms with Crippen LogP contribution >= 0.6 is 11.6 Å². The van der Waals surface area contributed by atoms with Crippen LogP contribution in [0.5, 0.6) is 5.88 Å². The number of aromatic nitrogens is 3. The van der Waals surface area contributed by atoms with Gasteiger partial charge in [-0.3, -0.25) is 14.8 Å². The minimum absolute atomic E-state index is 0.0888. The van der Waals surface area contributed by atoms with Gasteiger partial charge in [-0.25, -0.2) is 9.97 Å². The average Bonchev–Trinajstić information content (AvgIpc) is 3.45. The van der Waals surface area contributed by atoms with Gasteiger partial charge in [-0.2, -0.15) is 5.10 Å². The molecule has 0 radical (unpaired) electrons. The number of aliphatic hydroxyl groups excluding tert-OH is 1. The van der Waals surface area contributed by atoms with Crippen molar-refractivity contribution in [1.29, 1.82) is 0 Å². The van der Waals surface area contributed by atoms with Gasteiger partial charge in [-0.15, -0.1) is 0 Å². The van der Waals surface area contributed by atoms with Crippen LogP contribution in [-0.4, -0.2) is 63.9 Å². The zero-order valence-corrected chi connectivity index (χ0v) is 25.4. The van der Waals surface area contributed by atoms with E-state index in [9.17, 15) is 9.90 Å². The zero-order valence-electron chi connectivity index (χ0n) is 24.6. The van der Waals surface area contributed by atoms with E-state index in [1.54, 1.807) is 32.8 Å². The summed E-state index contributed by atoms with van der Waals surface area (Å²) < 4.78 is 5.58. The Bertz CT molecular complexity index is 1750. The largest absolute Gasteiger partial charge is 0.480 e. The Labute approximate surface area is 260 Å². The van der Waals surface area contributed by atoms with Gasteiger partial charge in [0.2, 0.25) is 11.8 Å². The van der Waals surface area contributed by atoms with Gasteiger partial charge in [-0.05, 0) is 36.6 Å². The van der Waals surface area contributed by atoms with Gasteiger partial charge in [0.1, 0.15) is 11.5 Å². The molecule has 0 bridgehead atoms. The summed E-state index contributed by atoms with van der Waals surface area (Å²) >= 11 is 7.05. The molecule has 0 aliphatic carbocycles. The number of carbonyl (C=O) groups excluding carboxylic acids is 1. The first kappa shape index (κ1) is 29.5. The maximum absolute atomic E-state index is 11.5. The molecule has 1 saturated heterocycles. The van der Waals surface area contributed by atoms with Crippen molar-refractivity contribution >= 4 is 35.2 Å². The predicted octanol–water partition coefficient (Wildman–Crippen LogP) is 4.56. The number of halogens is 1. The van der Waals surface area contributed by atoms with Crippen LogP contribution in [0.2, 0.25) is 5.02 Å². The molecule has 11 nitrogen and oxygen atoms in total. The monoisotopic (exact) mass is 612 g/mol. The number of methoxy groups -OCH3 is 1. The molecule has 4 N–H and O–H groups in total. The highest BCUT2D eigenvalue weighted by Gasteiger charge is 2.25. The van der Waals surface area contributed by atoms with Crippen molar-refractivity contribution in [2.45, 2.75) is 38.6 Å². The molecule has 12 heteroatoms. The second kappa shape index (κ2) is 12.6. The molecule has 44 heavy (non-hydrogen) atoms. The van der Waals surface area contributed by atoms with Gasteiger partial charge in [-0.1, -0.05) is 41.9 Å². The average molecular weight is 613 g/mol. The minimum Gasteiger partial charge on any atom is -0.480 e. The maximum atomic E-state index is 11.5. The van der Waals surface area contributed by atoms with E-state index in [0.29, 0.717) is 53.2 Å². The topological polar surface area (TPSA) is 137 Å². The minimum atomic E-state index is -0.920. The molecule has 2 aliphatic heterocycles. The lowest BCUT2D eigenvalue weighted by Crippen LogP contribution is -2.35. The number of pyridine rings is 1. The number of carbonyl (C=O) groups is 1. The first-order valence-corrected chi connectivity index (χ1v) is 14.7. The van der Waals surface area contributed by atoms with Crippen molar-refractivity contribution in [3.8, 4) is 28.3 Å². The van der Waals surface area contributed by atoms with Crippen molar-refractivity contribution in [3.63, 3.8) is 0 Å². The van der Waals surface area contributed by atoms with Crippen LogP contribution in [0.25, 0.3) is 22.4 Å². The summed E-state index contributed by atoms with van der Waals surface area (Å²) in [4.78, 5) is 25.3. The quantitative estimate of drug-likeness (QED) is 0.214.